The van der Waals surface area contributed by atoms with Gasteiger partial charge >= 0.3 is 0 Å². The number of H-pyrrole nitrogens is 1. The number of nitrogens with zero attached hydrogens (tertiary/aromatic N) is 2. The Morgan fingerprint density at radius 3 is 2.85 bits per heavy atom. The van der Waals surface area contributed by atoms with Crippen LogP contribution in [0.3, 0.4) is 0 Å². The summed E-state index contributed by atoms with van der Waals surface area (Å²) in [6.45, 7) is 1.92. The lowest BCUT2D eigenvalue weighted by Gasteiger charge is -2.23. The first-order chi connectivity index (χ1) is 12.7. The largest absolute Gasteiger partial charge is 0.356 e. The Morgan fingerprint density at radius 1 is 1.15 bits per heavy atom. The molecule has 128 valence electrons. The number of amides is 1. The molecule has 1 amide bonds. The number of carbonyl (C=O) groups is 1. The molecule has 1 aliphatic heterocycles. The van der Waals surface area contributed by atoms with Crippen molar-refractivity contribution in [1.29, 1.82) is 0 Å². The lowest BCUT2D eigenvalue weighted by atomic mass is 9.84. The molecule has 2 N–H and O–H groups in total. The van der Waals surface area contributed by atoms with Gasteiger partial charge in [-0.3, -0.25) is 9.89 Å². The minimum atomic E-state index is -0.0774. The fraction of sp³-hybridized carbons (Fsp3) is 0.150. The van der Waals surface area contributed by atoms with Crippen LogP contribution in [0.2, 0.25) is 0 Å². The van der Waals surface area contributed by atoms with Crippen LogP contribution in [0.5, 0.6) is 0 Å². The van der Waals surface area contributed by atoms with Crippen molar-refractivity contribution >= 4 is 22.7 Å². The Labute approximate surface area is 149 Å². The van der Waals surface area contributed by atoms with Crippen LogP contribution in [-0.4, -0.2) is 21.3 Å². The Hall–Kier alpha value is -3.41. The number of fused-ring (bicyclic) bond motifs is 2. The van der Waals surface area contributed by atoms with Crippen molar-refractivity contribution in [1.82, 2.24) is 15.4 Å². The number of carbonyl (C=O) groups excluding carboxylic acids is 1. The lowest BCUT2D eigenvalue weighted by molar-refractivity contribution is -0.116. The van der Waals surface area contributed by atoms with E-state index in [-0.39, 0.29) is 11.8 Å². The van der Waals surface area contributed by atoms with Gasteiger partial charge in [0.1, 0.15) is 0 Å². The quantitative estimate of drug-likeness (QED) is 0.576. The van der Waals surface area contributed by atoms with E-state index in [2.05, 4.69) is 26.7 Å². The summed E-state index contributed by atoms with van der Waals surface area (Å²) in [7, 11) is 0. The van der Waals surface area contributed by atoms with Crippen LogP contribution in [0.15, 0.2) is 53.1 Å². The van der Waals surface area contributed by atoms with E-state index in [4.69, 9.17) is 4.52 Å². The smallest absolute Gasteiger partial charge is 0.226 e. The van der Waals surface area contributed by atoms with Gasteiger partial charge in [-0.1, -0.05) is 41.6 Å². The van der Waals surface area contributed by atoms with Crippen LogP contribution in [-0.2, 0) is 4.79 Å². The molecule has 26 heavy (non-hydrogen) atoms. The van der Waals surface area contributed by atoms with Crippen LogP contribution in [0.1, 0.15) is 29.2 Å². The highest BCUT2D eigenvalue weighted by Gasteiger charge is 2.32. The standard InChI is InChI=1S/C20H16N4O2/c1-11-14-9-13(7-8-16(14)26-24-11)15-10-17(25)21-20-18(15)19(22-23-20)12-5-3-2-4-6-12/h2-9,15H,10H2,1H3,(H2,21,22,23,25)/t15-/m0/s1. The van der Waals surface area contributed by atoms with Gasteiger partial charge in [-0.05, 0) is 30.2 Å². The van der Waals surface area contributed by atoms with E-state index in [1.165, 1.54) is 0 Å². The van der Waals surface area contributed by atoms with Crippen molar-refractivity contribution in [2.75, 3.05) is 5.32 Å². The average Bonchev–Trinajstić information content (AvgIpc) is 3.25. The molecule has 0 fully saturated rings. The van der Waals surface area contributed by atoms with E-state index in [1.807, 2.05) is 49.4 Å². The van der Waals surface area contributed by atoms with E-state index in [1.54, 1.807) is 0 Å². The van der Waals surface area contributed by atoms with Gasteiger partial charge in [0.25, 0.3) is 0 Å². The molecule has 5 rings (SSSR count). The summed E-state index contributed by atoms with van der Waals surface area (Å²) in [6, 6.07) is 16.0. The molecule has 1 atom stereocenters. The summed E-state index contributed by atoms with van der Waals surface area (Å²) in [4.78, 5) is 12.2. The number of aromatic amines is 1. The van der Waals surface area contributed by atoms with Crippen molar-refractivity contribution in [3.05, 3.63) is 65.4 Å². The molecular formula is C20H16N4O2. The fourth-order valence-corrected chi connectivity index (χ4v) is 3.66. The Bertz CT molecular complexity index is 1130. The molecule has 0 radical (unpaired) electrons. The maximum atomic E-state index is 12.2. The van der Waals surface area contributed by atoms with Crippen molar-refractivity contribution in [2.24, 2.45) is 0 Å². The Balaban J connectivity index is 1.70. The van der Waals surface area contributed by atoms with Crippen molar-refractivity contribution in [3.63, 3.8) is 0 Å². The van der Waals surface area contributed by atoms with Crippen LogP contribution >= 0.6 is 0 Å². The molecule has 0 unspecified atom stereocenters. The second kappa shape index (κ2) is 5.56. The molecule has 0 bridgehead atoms. The molecule has 6 heteroatoms. The monoisotopic (exact) mass is 344 g/mol. The minimum Gasteiger partial charge on any atom is -0.356 e. The zero-order chi connectivity index (χ0) is 17.7. The molecule has 0 saturated carbocycles. The van der Waals surface area contributed by atoms with Crippen LogP contribution in [0.25, 0.3) is 22.2 Å². The Morgan fingerprint density at radius 2 is 2.00 bits per heavy atom. The second-order valence-corrected chi connectivity index (χ2v) is 6.56. The second-order valence-electron chi connectivity index (χ2n) is 6.56. The fourth-order valence-electron chi connectivity index (χ4n) is 3.66. The Kier molecular flexibility index (Phi) is 3.18. The van der Waals surface area contributed by atoms with Crippen molar-refractivity contribution in [3.8, 4) is 11.3 Å². The highest BCUT2D eigenvalue weighted by atomic mass is 16.5. The third-order valence-corrected chi connectivity index (χ3v) is 4.94. The van der Waals surface area contributed by atoms with Gasteiger partial charge in [0, 0.05) is 23.3 Å². The summed E-state index contributed by atoms with van der Waals surface area (Å²) in [6.07, 6.45) is 0.377. The van der Waals surface area contributed by atoms with Gasteiger partial charge in [0.05, 0.1) is 11.4 Å². The third kappa shape index (κ3) is 2.23. The van der Waals surface area contributed by atoms with Gasteiger partial charge in [0.15, 0.2) is 11.4 Å². The molecule has 3 heterocycles. The number of benzene rings is 2. The van der Waals surface area contributed by atoms with Gasteiger partial charge in [0.2, 0.25) is 5.91 Å². The first-order valence-electron chi connectivity index (χ1n) is 8.50. The summed E-state index contributed by atoms with van der Waals surface area (Å²) in [5.41, 5.74) is 5.65. The van der Waals surface area contributed by atoms with Crippen LogP contribution < -0.4 is 5.32 Å². The highest BCUT2D eigenvalue weighted by molar-refractivity contribution is 5.96. The first-order valence-corrected chi connectivity index (χ1v) is 8.50. The van der Waals surface area contributed by atoms with Crippen molar-refractivity contribution < 1.29 is 9.32 Å². The van der Waals surface area contributed by atoms with Gasteiger partial charge < -0.3 is 9.84 Å². The molecular weight excluding hydrogens is 328 g/mol. The zero-order valence-corrected chi connectivity index (χ0v) is 14.1. The molecule has 4 aromatic rings. The predicted octanol–water partition coefficient (Wildman–Crippen LogP) is 4.00. The van der Waals surface area contributed by atoms with Gasteiger partial charge in [-0.15, -0.1) is 0 Å². The average molecular weight is 344 g/mol. The van der Waals surface area contributed by atoms with Crippen LogP contribution in [0.4, 0.5) is 5.82 Å². The lowest BCUT2D eigenvalue weighted by Crippen LogP contribution is -2.23. The number of aromatic nitrogens is 3. The van der Waals surface area contributed by atoms with E-state index in [0.717, 1.165) is 39.0 Å². The minimum absolute atomic E-state index is 0.0317. The summed E-state index contributed by atoms with van der Waals surface area (Å²) in [5, 5.41) is 15.3. The van der Waals surface area contributed by atoms with E-state index in [0.29, 0.717) is 12.2 Å². The van der Waals surface area contributed by atoms with Crippen molar-refractivity contribution in [2.45, 2.75) is 19.3 Å². The topological polar surface area (TPSA) is 83.8 Å². The number of hydrogen-bond donors (Lipinski definition) is 2. The predicted molar refractivity (Wildman–Crippen MR) is 97.9 cm³/mol. The molecule has 1 aliphatic rings. The normalized spacial score (nSPS) is 16.5. The van der Waals surface area contributed by atoms with Gasteiger partial charge in [-0.25, -0.2) is 0 Å². The molecule has 0 spiro atoms. The summed E-state index contributed by atoms with van der Waals surface area (Å²) < 4.78 is 5.31. The van der Waals surface area contributed by atoms with E-state index >= 15 is 0 Å². The summed E-state index contributed by atoms with van der Waals surface area (Å²) in [5.74, 6) is 0.495. The number of rotatable bonds is 2. The zero-order valence-electron chi connectivity index (χ0n) is 14.1. The maximum absolute atomic E-state index is 12.2. The molecule has 0 saturated heterocycles. The van der Waals surface area contributed by atoms with Gasteiger partial charge in [-0.2, -0.15) is 5.10 Å². The molecule has 2 aromatic carbocycles. The van der Waals surface area contributed by atoms with Crippen LogP contribution in [0, 0.1) is 6.92 Å². The molecule has 0 aliphatic carbocycles. The highest BCUT2D eigenvalue weighted by Crippen LogP contribution is 2.42. The number of anilines is 1. The number of hydrogen-bond acceptors (Lipinski definition) is 4. The number of nitrogens with one attached hydrogen (secondary N) is 2. The summed E-state index contributed by atoms with van der Waals surface area (Å²) >= 11 is 0. The van der Waals surface area contributed by atoms with E-state index < -0.39 is 0 Å². The molecule has 6 nitrogen and oxygen atoms in total. The maximum Gasteiger partial charge on any atom is 0.226 e. The molecule has 2 aromatic heterocycles. The third-order valence-electron chi connectivity index (χ3n) is 4.94. The first kappa shape index (κ1) is 14.9. The SMILES string of the molecule is Cc1noc2ccc([C@@H]3CC(=O)Nc4n[nH]c(-c5ccccc5)c43)cc12. The number of aryl methyl sites for hydroxylation is 1. The van der Waals surface area contributed by atoms with E-state index in [9.17, 15) is 4.79 Å².